The molecule has 0 aliphatic carbocycles. The molecule has 7 heteroatoms. The van der Waals surface area contributed by atoms with E-state index in [1.807, 2.05) is 29.0 Å². The van der Waals surface area contributed by atoms with Crippen LogP contribution < -0.4 is 5.32 Å². The fraction of sp³-hybridized carbons (Fsp3) is 0. The van der Waals surface area contributed by atoms with E-state index in [1.54, 1.807) is 47.2 Å². The molecule has 4 heterocycles. The monoisotopic (exact) mass is 369 g/mol. The summed E-state index contributed by atoms with van der Waals surface area (Å²) in [4.78, 5) is 24.3. The van der Waals surface area contributed by atoms with E-state index in [2.05, 4.69) is 21.4 Å². The van der Waals surface area contributed by atoms with Crippen molar-refractivity contribution in [3.05, 3.63) is 65.1 Å². The van der Waals surface area contributed by atoms with Crippen LogP contribution in [0, 0.1) is 0 Å². The third-order valence-electron chi connectivity index (χ3n) is 3.27. The summed E-state index contributed by atoms with van der Waals surface area (Å²) in [5.74, 6) is -0.202. The van der Waals surface area contributed by atoms with Gasteiger partial charge in [-0.15, -0.1) is 22.7 Å². The average molecular weight is 369 g/mol. The Labute approximate surface area is 150 Å². The quantitative estimate of drug-likeness (QED) is 0.535. The zero-order valence-corrected chi connectivity index (χ0v) is 14.8. The van der Waals surface area contributed by atoms with E-state index in [1.165, 1.54) is 11.3 Å². The molecule has 0 fully saturated rings. The highest BCUT2D eigenvalue weighted by molar-refractivity contribution is 7.24. The second-order valence-corrected chi connectivity index (χ2v) is 7.74. The fourth-order valence-corrected chi connectivity index (χ4v) is 4.81. The lowest BCUT2D eigenvalue weighted by atomic mass is 10.2. The van der Waals surface area contributed by atoms with E-state index in [-0.39, 0.29) is 5.91 Å². The van der Waals surface area contributed by atoms with E-state index in [4.69, 9.17) is 0 Å². The lowest BCUT2D eigenvalue weighted by molar-refractivity contribution is 0.102. The van der Waals surface area contributed by atoms with E-state index in [0.29, 0.717) is 10.7 Å². The van der Waals surface area contributed by atoms with Gasteiger partial charge in [-0.05, 0) is 35.0 Å². The zero-order valence-electron chi connectivity index (χ0n) is 12.3. The molecule has 0 saturated carbocycles. The molecule has 0 aromatic carbocycles. The summed E-state index contributed by atoms with van der Waals surface area (Å²) >= 11 is 4.80. The number of thiophene rings is 2. The number of hydrogen-bond acceptors (Lipinski definition) is 6. The first kappa shape index (κ1) is 15.2. The second kappa shape index (κ2) is 6.64. The molecule has 0 bridgehead atoms. The summed E-state index contributed by atoms with van der Waals surface area (Å²) in [7, 11) is 0. The Hall–Kier alpha value is -2.35. The van der Waals surface area contributed by atoms with Gasteiger partial charge in [0.05, 0.1) is 15.3 Å². The van der Waals surface area contributed by atoms with Gasteiger partial charge in [-0.25, -0.2) is 4.98 Å². The molecule has 4 aromatic heterocycles. The molecule has 118 valence electrons. The van der Waals surface area contributed by atoms with Crippen molar-refractivity contribution in [2.75, 3.05) is 5.32 Å². The number of rotatable bonds is 4. The lowest BCUT2D eigenvalue weighted by Crippen LogP contribution is -2.11. The summed E-state index contributed by atoms with van der Waals surface area (Å²) in [6.07, 6.45) is 3.19. The largest absolute Gasteiger partial charge is 0.298 e. The third-order valence-corrected chi connectivity index (χ3v) is 6.17. The molecule has 4 rings (SSSR count). The van der Waals surface area contributed by atoms with Gasteiger partial charge in [-0.3, -0.25) is 15.1 Å². The normalized spacial score (nSPS) is 10.7. The topological polar surface area (TPSA) is 54.9 Å². The maximum Gasteiger partial charge on any atom is 0.259 e. The summed E-state index contributed by atoms with van der Waals surface area (Å²) in [5, 5.41) is 7.55. The second-order valence-electron chi connectivity index (χ2n) is 4.85. The molecule has 0 unspecified atom stereocenters. The number of hydrogen-bond donors (Lipinski definition) is 1. The SMILES string of the molecule is O=C(Nc1nc(-c2cccs2)c(-c2cccs2)s1)c1cccnc1. The van der Waals surface area contributed by atoms with Gasteiger partial charge < -0.3 is 0 Å². The number of pyridine rings is 1. The van der Waals surface area contributed by atoms with Gasteiger partial charge >= 0.3 is 0 Å². The molecule has 4 aromatic rings. The Morgan fingerprint density at radius 2 is 1.79 bits per heavy atom. The first-order valence-electron chi connectivity index (χ1n) is 7.11. The Bertz CT molecular complexity index is 893. The van der Waals surface area contributed by atoms with Gasteiger partial charge in [0.25, 0.3) is 5.91 Å². The molecule has 1 amide bonds. The van der Waals surface area contributed by atoms with Crippen LogP contribution in [0.15, 0.2) is 59.6 Å². The van der Waals surface area contributed by atoms with Crippen LogP contribution in [0.2, 0.25) is 0 Å². The molecule has 0 radical (unpaired) electrons. The fourth-order valence-electron chi connectivity index (χ4n) is 2.20. The zero-order chi connectivity index (χ0) is 16.4. The van der Waals surface area contributed by atoms with E-state index < -0.39 is 0 Å². The van der Waals surface area contributed by atoms with E-state index >= 15 is 0 Å². The third kappa shape index (κ3) is 3.01. The highest BCUT2D eigenvalue weighted by Gasteiger charge is 2.18. The molecular weight excluding hydrogens is 358 g/mol. The number of thiazole rings is 1. The molecule has 1 N–H and O–H groups in total. The summed E-state index contributed by atoms with van der Waals surface area (Å²) < 4.78 is 0. The van der Waals surface area contributed by atoms with Crippen molar-refractivity contribution >= 4 is 45.0 Å². The Balaban J connectivity index is 1.70. The van der Waals surface area contributed by atoms with Crippen LogP contribution in [-0.2, 0) is 0 Å². The molecule has 0 aliphatic heterocycles. The molecule has 0 spiro atoms. The number of nitrogens with one attached hydrogen (secondary N) is 1. The molecule has 0 atom stereocenters. The number of aromatic nitrogens is 2. The summed E-state index contributed by atoms with van der Waals surface area (Å²) in [6.45, 7) is 0. The number of nitrogens with zero attached hydrogens (tertiary/aromatic N) is 2. The van der Waals surface area contributed by atoms with Crippen molar-refractivity contribution in [1.29, 1.82) is 0 Å². The van der Waals surface area contributed by atoms with Crippen molar-refractivity contribution in [2.24, 2.45) is 0 Å². The predicted molar refractivity (Wildman–Crippen MR) is 101 cm³/mol. The van der Waals surface area contributed by atoms with E-state index in [0.717, 1.165) is 20.3 Å². The molecule has 4 nitrogen and oxygen atoms in total. The van der Waals surface area contributed by atoms with Crippen LogP contribution in [0.4, 0.5) is 5.13 Å². The molecule has 0 saturated heterocycles. The van der Waals surface area contributed by atoms with Crippen molar-refractivity contribution in [3.8, 4) is 20.3 Å². The van der Waals surface area contributed by atoms with Crippen molar-refractivity contribution < 1.29 is 4.79 Å². The molecular formula is C17H11N3OS3. The van der Waals surface area contributed by atoms with Crippen LogP contribution in [-0.4, -0.2) is 15.9 Å². The maximum atomic E-state index is 12.3. The highest BCUT2D eigenvalue weighted by Crippen LogP contribution is 2.42. The minimum atomic E-state index is -0.202. The van der Waals surface area contributed by atoms with Crippen LogP contribution in [0.3, 0.4) is 0 Å². The van der Waals surface area contributed by atoms with Gasteiger partial charge in [0, 0.05) is 17.3 Å². The van der Waals surface area contributed by atoms with Crippen molar-refractivity contribution in [1.82, 2.24) is 9.97 Å². The molecule has 0 aliphatic rings. The maximum absolute atomic E-state index is 12.3. The number of carbonyl (C=O) groups is 1. The number of anilines is 1. The number of carbonyl (C=O) groups excluding carboxylic acids is 1. The van der Waals surface area contributed by atoms with Gasteiger partial charge in [0.1, 0.15) is 5.69 Å². The van der Waals surface area contributed by atoms with Crippen molar-refractivity contribution in [3.63, 3.8) is 0 Å². The Morgan fingerprint density at radius 1 is 1.00 bits per heavy atom. The van der Waals surface area contributed by atoms with Crippen LogP contribution in [0.25, 0.3) is 20.3 Å². The lowest BCUT2D eigenvalue weighted by Gasteiger charge is -1.99. The summed E-state index contributed by atoms with van der Waals surface area (Å²) in [6, 6.07) is 11.6. The first-order chi connectivity index (χ1) is 11.8. The smallest absolute Gasteiger partial charge is 0.259 e. The van der Waals surface area contributed by atoms with Crippen LogP contribution in [0.1, 0.15) is 10.4 Å². The van der Waals surface area contributed by atoms with Gasteiger partial charge in [-0.2, -0.15) is 0 Å². The predicted octanol–water partition coefficient (Wildman–Crippen LogP) is 5.25. The summed E-state index contributed by atoms with van der Waals surface area (Å²) in [5.41, 5.74) is 1.43. The minimum Gasteiger partial charge on any atom is -0.298 e. The van der Waals surface area contributed by atoms with Crippen LogP contribution in [0.5, 0.6) is 0 Å². The minimum absolute atomic E-state index is 0.202. The first-order valence-corrected chi connectivity index (χ1v) is 9.69. The standard InChI is InChI=1S/C17H11N3OS3/c21-16(11-4-1-7-18-10-11)20-17-19-14(12-5-2-8-22-12)15(24-17)13-6-3-9-23-13/h1-10H,(H,19,20,21). The highest BCUT2D eigenvalue weighted by atomic mass is 32.1. The molecule has 24 heavy (non-hydrogen) atoms. The Kier molecular flexibility index (Phi) is 4.20. The van der Waals surface area contributed by atoms with Gasteiger partial charge in [0.15, 0.2) is 5.13 Å². The van der Waals surface area contributed by atoms with Crippen molar-refractivity contribution in [2.45, 2.75) is 0 Å². The van der Waals surface area contributed by atoms with Gasteiger partial charge in [-0.1, -0.05) is 23.5 Å². The average Bonchev–Trinajstić information content (AvgIpc) is 3.36. The van der Waals surface area contributed by atoms with E-state index in [9.17, 15) is 4.79 Å². The van der Waals surface area contributed by atoms with Gasteiger partial charge in [0.2, 0.25) is 0 Å². The Morgan fingerprint density at radius 3 is 2.46 bits per heavy atom. The number of amides is 1. The van der Waals surface area contributed by atoms with Crippen LogP contribution >= 0.6 is 34.0 Å².